The van der Waals surface area contributed by atoms with E-state index in [9.17, 15) is 9.90 Å². The summed E-state index contributed by atoms with van der Waals surface area (Å²) in [5.41, 5.74) is -0.464. The Kier molecular flexibility index (Phi) is 3.19. The summed E-state index contributed by atoms with van der Waals surface area (Å²) in [6.45, 7) is 3.34. The fraction of sp³-hybridized carbons (Fsp3) is 0.600. The molecule has 2 heterocycles. The fourth-order valence-corrected chi connectivity index (χ4v) is 1.79. The Bertz CT molecular complexity index is 451. The quantitative estimate of drug-likeness (QED) is 0.707. The highest BCUT2D eigenvalue weighted by atomic mass is 16.5. The molecule has 1 saturated heterocycles. The van der Waals surface area contributed by atoms with Crippen LogP contribution in [0.15, 0.2) is 4.79 Å². The Hall–Kier alpha value is -1.76. The second-order valence-electron chi connectivity index (χ2n) is 4.04. The van der Waals surface area contributed by atoms with Crippen LogP contribution in [0.1, 0.15) is 0 Å². The first kappa shape index (κ1) is 11.7. The molecule has 0 atom stereocenters. The van der Waals surface area contributed by atoms with E-state index in [0.717, 1.165) is 26.2 Å². The molecule has 7 nitrogen and oxygen atoms in total. The predicted octanol–water partition coefficient (Wildman–Crippen LogP) is -0.764. The Morgan fingerprint density at radius 3 is 2.53 bits per heavy atom. The molecule has 0 radical (unpaired) electrons. The third-order valence-electron chi connectivity index (χ3n) is 2.85. The zero-order chi connectivity index (χ0) is 12.4. The van der Waals surface area contributed by atoms with Gasteiger partial charge in [-0.3, -0.25) is 9.78 Å². The molecule has 0 aliphatic carbocycles. The van der Waals surface area contributed by atoms with Gasteiger partial charge in [0.25, 0.3) is 11.4 Å². The third kappa shape index (κ3) is 2.33. The van der Waals surface area contributed by atoms with Crippen LogP contribution in [0.4, 0.5) is 5.95 Å². The van der Waals surface area contributed by atoms with Crippen molar-refractivity contribution in [2.24, 2.45) is 0 Å². The van der Waals surface area contributed by atoms with E-state index in [0.29, 0.717) is 5.95 Å². The zero-order valence-corrected chi connectivity index (χ0v) is 9.93. The number of H-pyrrole nitrogens is 1. The van der Waals surface area contributed by atoms with Crippen LogP contribution in [0.2, 0.25) is 0 Å². The maximum absolute atomic E-state index is 11.6. The van der Waals surface area contributed by atoms with Gasteiger partial charge in [0.15, 0.2) is 0 Å². The maximum Gasteiger partial charge on any atom is 0.298 e. The van der Waals surface area contributed by atoms with Gasteiger partial charge < -0.3 is 19.6 Å². The highest BCUT2D eigenvalue weighted by Crippen LogP contribution is 2.20. The second kappa shape index (κ2) is 4.62. The largest absolute Gasteiger partial charge is 0.490 e. The molecule has 0 spiro atoms. The van der Waals surface area contributed by atoms with E-state index in [1.54, 1.807) is 0 Å². The van der Waals surface area contributed by atoms with Crippen molar-refractivity contribution >= 4 is 5.95 Å². The molecule has 2 N–H and O–H groups in total. The first-order chi connectivity index (χ1) is 8.11. The maximum atomic E-state index is 11.6. The topological polar surface area (TPSA) is 81.7 Å². The Balaban J connectivity index is 2.25. The van der Waals surface area contributed by atoms with Crippen LogP contribution in [0, 0.1) is 0 Å². The van der Waals surface area contributed by atoms with Crippen molar-refractivity contribution in [3.05, 3.63) is 10.4 Å². The number of likely N-dealkylation sites (N-methyl/N-ethyl adjacent to an activating group) is 1. The summed E-state index contributed by atoms with van der Waals surface area (Å²) in [6, 6.07) is 0. The number of aromatic hydroxyl groups is 1. The number of hydrogen-bond acceptors (Lipinski definition) is 6. The number of aromatic nitrogens is 2. The molecule has 1 aliphatic heterocycles. The van der Waals surface area contributed by atoms with Gasteiger partial charge in [-0.05, 0) is 7.05 Å². The van der Waals surface area contributed by atoms with Gasteiger partial charge in [-0.25, -0.2) is 0 Å². The number of ether oxygens (including phenoxy) is 1. The average molecular weight is 240 g/mol. The highest BCUT2D eigenvalue weighted by molar-refractivity contribution is 5.39. The van der Waals surface area contributed by atoms with Gasteiger partial charge in [0, 0.05) is 26.2 Å². The number of nitrogens with zero attached hydrogens (tertiary/aromatic N) is 3. The molecule has 0 bridgehead atoms. The smallest absolute Gasteiger partial charge is 0.298 e. The lowest BCUT2D eigenvalue weighted by molar-refractivity contribution is 0.309. The van der Waals surface area contributed by atoms with Crippen molar-refractivity contribution in [3.8, 4) is 11.6 Å². The summed E-state index contributed by atoms with van der Waals surface area (Å²) in [4.78, 5) is 22.2. The van der Waals surface area contributed by atoms with E-state index in [1.807, 2.05) is 11.9 Å². The summed E-state index contributed by atoms with van der Waals surface area (Å²) in [5.74, 6) is -0.130. The number of methoxy groups -OCH3 is 1. The van der Waals surface area contributed by atoms with E-state index in [1.165, 1.54) is 7.11 Å². The van der Waals surface area contributed by atoms with Crippen molar-refractivity contribution in [1.29, 1.82) is 0 Å². The summed E-state index contributed by atoms with van der Waals surface area (Å²) in [6.07, 6.45) is 0. The number of rotatable bonds is 2. The van der Waals surface area contributed by atoms with Crippen molar-refractivity contribution in [1.82, 2.24) is 14.9 Å². The Morgan fingerprint density at radius 1 is 1.35 bits per heavy atom. The molecule has 17 heavy (non-hydrogen) atoms. The monoisotopic (exact) mass is 240 g/mol. The molecule has 7 heteroatoms. The fourth-order valence-electron chi connectivity index (χ4n) is 1.79. The van der Waals surface area contributed by atoms with Gasteiger partial charge in [0.1, 0.15) is 0 Å². The number of nitrogens with one attached hydrogen (secondary N) is 1. The lowest BCUT2D eigenvalue weighted by Crippen LogP contribution is -2.45. The summed E-state index contributed by atoms with van der Waals surface area (Å²) < 4.78 is 4.75. The lowest BCUT2D eigenvalue weighted by atomic mass is 10.3. The van der Waals surface area contributed by atoms with Crippen LogP contribution >= 0.6 is 0 Å². The normalized spacial score (nSPS) is 17.2. The van der Waals surface area contributed by atoms with E-state index in [-0.39, 0.29) is 11.6 Å². The van der Waals surface area contributed by atoms with E-state index < -0.39 is 5.56 Å². The molecule has 0 amide bonds. The minimum Gasteiger partial charge on any atom is -0.490 e. The minimum absolute atomic E-state index is 0.150. The third-order valence-corrected chi connectivity index (χ3v) is 2.85. The van der Waals surface area contributed by atoms with Crippen molar-refractivity contribution in [3.63, 3.8) is 0 Å². The number of anilines is 1. The van der Waals surface area contributed by atoms with Crippen LogP contribution in [0.5, 0.6) is 11.6 Å². The molecule has 1 aliphatic rings. The molecule has 0 unspecified atom stereocenters. The minimum atomic E-state index is -0.464. The van der Waals surface area contributed by atoms with Gasteiger partial charge >= 0.3 is 0 Å². The number of piperazine rings is 1. The van der Waals surface area contributed by atoms with Crippen molar-refractivity contribution in [2.45, 2.75) is 0 Å². The van der Waals surface area contributed by atoms with Crippen molar-refractivity contribution < 1.29 is 9.84 Å². The number of aromatic amines is 1. The average Bonchev–Trinajstić information content (AvgIpc) is 2.29. The molecule has 2 rings (SSSR count). The van der Waals surface area contributed by atoms with Gasteiger partial charge in [-0.15, -0.1) is 0 Å². The van der Waals surface area contributed by atoms with Gasteiger partial charge in [0.2, 0.25) is 11.7 Å². The Morgan fingerprint density at radius 2 is 2.00 bits per heavy atom. The molecule has 0 aromatic carbocycles. The molecular formula is C10H16N4O3. The zero-order valence-electron chi connectivity index (χ0n) is 9.93. The van der Waals surface area contributed by atoms with Crippen LogP contribution in [-0.4, -0.2) is 60.3 Å². The number of hydrogen-bond donors (Lipinski definition) is 2. The van der Waals surface area contributed by atoms with E-state index in [2.05, 4.69) is 14.9 Å². The molecular weight excluding hydrogens is 224 g/mol. The summed E-state index contributed by atoms with van der Waals surface area (Å²) in [7, 11) is 3.36. The first-order valence-corrected chi connectivity index (χ1v) is 5.42. The van der Waals surface area contributed by atoms with Gasteiger partial charge in [-0.2, -0.15) is 4.98 Å². The van der Waals surface area contributed by atoms with Crippen molar-refractivity contribution in [2.75, 3.05) is 45.2 Å². The van der Waals surface area contributed by atoms with E-state index in [4.69, 9.17) is 4.74 Å². The molecule has 1 fully saturated rings. The van der Waals surface area contributed by atoms with Crippen LogP contribution in [-0.2, 0) is 0 Å². The molecule has 0 saturated carbocycles. The predicted molar refractivity (Wildman–Crippen MR) is 62.8 cm³/mol. The second-order valence-corrected chi connectivity index (χ2v) is 4.04. The molecule has 94 valence electrons. The summed E-state index contributed by atoms with van der Waals surface area (Å²) >= 11 is 0. The van der Waals surface area contributed by atoms with E-state index >= 15 is 0 Å². The Labute approximate surface area is 98.6 Å². The van der Waals surface area contributed by atoms with Gasteiger partial charge in [-0.1, -0.05) is 0 Å². The highest BCUT2D eigenvalue weighted by Gasteiger charge is 2.19. The van der Waals surface area contributed by atoms with Gasteiger partial charge in [0.05, 0.1) is 7.11 Å². The van der Waals surface area contributed by atoms with Crippen LogP contribution < -0.4 is 15.2 Å². The lowest BCUT2D eigenvalue weighted by Gasteiger charge is -2.32. The summed E-state index contributed by atoms with van der Waals surface area (Å²) in [5, 5.41) is 9.56. The standard InChI is InChI=1S/C10H16N4O3/c1-13-3-5-14(6-4-13)10-11-8(15)7(17-2)9(16)12-10/h3-6H2,1-2H3,(H2,11,12,15,16). The van der Waals surface area contributed by atoms with Crippen LogP contribution in [0.25, 0.3) is 0 Å². The first-order valence-electron chi connectivity index (χ1n) is 5.42. The SMILES string of the molecule is COc1c(O)nc(N2CCN(C)CC2)[nH]c1=O. The molecule has 1 aromatic rings. The van der Waals surface area contributed by atoms with Crippen LogP contribution in [0.3, 0.4) is 0 Å². The molecule has 1 aromatic heterocycles.